The third-order valence-corrected chi connectivity index (χ3v) is 1.59. The largest absolute Gasteiger partial charge is 0.465 e. The summed E-state index contributed by atoms with van der Waals surface area (Å²) in [6.07, 6.45) is -2.89. The van der Waals surface area contributed by atoms with Crippen LogP contribution in [0.5, 0.6) is 0 Å². The summed E-state index contributed by atoms with van der Waals surface area (Å²) in [5, 5.41) is 20.2. The van der Waals surface area contributed by atoms with Gasteiger partial charge in [0.15, 0.2) is 0 Å². The van der Waals surface area contributed by atoms with Crippen molar-refractivity contribution in [2.75, 3.05) is 0 Å². The number of esters is 2. The van der Waals surface area contributed by atoms with Gasteiger partial charge in [0.05, 0.1) is 0 Å². The summed E-state index contributed by atoms with van der Waals surface area (Å²) in [7, 11) is 0. The van der Waals surface area contributed by atoms with Crippen molar-refractivity contribution < 1.29 is 34.1 Å². The minimum absolute atomic E-state index is 1.11. The summed E-state index contributed by atoms with van der Waals surface area (Å²) in [4.78, 5) is 42.6. The Hall–Kier alpha value is -2.32. The molecule has 0 rings (SSSR count). The average molecular weight is 248 g/mol. The van der Waals surface area contributed by atoms with E-state index in [1.165, 1.54) is 13.8 Å². The van der Waals surface area contributed by atoms with Crippen LogP contribution in [0.15, 0.2) is 0 Å². The van der Waals surface area contributed by atoms with Crippen LogP contribution in [-0.2, 0) is 14.3 Å². The van der Waals surface area contributed by atoms with Crippen LogP contribution in [0.3, 0.4) is 0 Å². The molecule has 4 N–H and O–H groups in total. The highest BCUT2D eigenvalue weighted by atomic mass is 16.6. The molecule has 0 aliphatic heterocycles. The fourth-order valence-electron chi connectivity index (χ4n) is 0.764. The van der Waals surface area contributed by atoms with Gasteiger partial charge in [-0.1, -0.05) is 0 Å². The molecule has 0 spiro atoms. The van der Waals surface area contributed by atoms with Crippen molar-refractivity contribution in [3.63, 3.8) is 0 Å². The first kappa shape index (κ1) is 14.7. The lowest BCUT2D eigenvalue weighted by Crippen LogP contribution is -2.44. The summed E-state index contributed by atoms with van der Waals surface area (Å²) in [6, 6.07) is -2.46. The van der Waals surface area contributed by atoms with Crippen molar-refractivity contribution in [2.45, 2.75) is 25.9 Å². The highest BCUT2D eigenvalue weighted by molar-refractivity contribution is 5.92. The minimum Gasteiger partial charge on any atom is -0.465 e. The predicted molar refractivity (Wildman–Crippen MR) is 52.3 cm³/mol. The van der Waals surface area contributed by atoms with E-state index in [9.17, 15) is 19.2 Å². The van der Waals surface area contributed by atoms with Crippen LogP contribution in [0.2, 0.25) is 0 Å². The molecule has 2 atom stereocenters. The molecular weight excluding hydrogens is 236 g/mol. The van der Waals surface area contributed by atoms with Crippen LogP contribution in [0.25, 0.3) is 0 Å². The third-order valence-electron chi connectivity index (χ3n) is 1.59. The molecule has 0 heterocycles. The molecular formula is C8H12N2O7. The number of carboxylic acid groups (broad SMARTS) is 2. The zero-order chi connectivity index (χ0) is 13.6. The maximum absolute atomic E-state index is 11.1. The quantitative estimate of drug-likeness (QED) is 0.383. The summed E-state index contributed by atoms with van der Waals surface area (Å²) in [6.45, 7) is 2.36. The fraction of sp³-hybridized carbons (Fsp3) is 0.500. The first-order valence-corrected chi connectivity index (χ1v) is 4.48. The molecule has 0 aromatic rings. The van der Waals surface area contributed by atoms with Crippen molar-refractivity contribution in [3.05, 3.63) is 0 Å². The Kier molecular flexibility index (Phi) is 5.44. The van der Waals surface area contributed by atoms with Crippen LogP contribution < -0.4 is 10.6 Å². The maximum Gasteiger partial charge on any atom is 0.405 e. The SMILES string of the molecule is C[C@@H](NC(=O)O)C(=O)OC(=O)[C@@H](C)NC(=O)O. The molecule has 0 fully saturated rings. The molecule has 0 saturated carbocycles. The Morgan fingerprint density at radius 2 is 1.18 bits per heavy atom. The number of carbonyl (C=O) groups excluding carboxylic acids is 2. The maximum atomic E-state index is 11.1. The first-order valence-electron chi connectivity index (χ1n) is 4.48. The van der Waals surface area contributed by atoms with Crippen molar-refractivity contribution in [1.82, 2.24) is 10.6 Å². The Morgan fingerprint density at radius 3 is 1.41 bits per heavy atom. The number of rotatable bonds is 4. The summed E-state index contributed by atoms with van der Waals surface area (Å²) < 4.78 is 4.25. The van der Waals surface area contributed by atoms with Crippen molar-refractivity contribution in [2.24, 2.45) is 0 Å². The molecule has 9 heteroatoms. The van der Waals surface area contributed by atoms with Crippen molar-refractivity contribution in [1.29, 1.82) is 0 Å². The van der Waals surface area contributed by atoms with E-state index < -0.39 is 36.2 Å². The number of carbonyl (C=O) groups is 4. The van der Waals surface area contributed by atoms with Gasteiger partial charge in [-0.15, -0.1) is 0 Å². The molecule has 9 nitrogen and oxygen atoms in total. The standard InChI is InChI=1S/C8H12N2O7/c1-3(9-7(13)14)5(11)17-6(12)4(2)10-8(15)16/h3-4,9-10H,1-2H3,(H,13,14)(H,15,16)/t3-,4-/m1/s1. The van der Waals surface area contributed by atoms with Gasteiger partial charge in [0.25, 0.3) is 0 Å². The lowest BCUT2D eigenvalue weighted by Gasteiger charge is -2.13. The predicted octanol–water partition coefficient (Wildman–Crippen LogP) is -0.632. The highest BCUT2D eigenvalue weighted by Crippen LogP contribution is 1.93. The van der Waals surface area contributed by atoms with Gasteiger partial charge in [-0.25, -0.2) is 19.2 Å². The fourth-order valence-corrected chi connectivity index (χ4v) is 0.764. The van der Waals surface area contributed by atoms with Crippen molar-refractivity contribution >= 4 is 24.1 Å². The highest BCUT2D eigenvalue weighted by Gasteiger charge is 2.24. The number of amides is 2. The van der Waals surface area contributed by atoms with Crippen LogP contribution >= 0.6 is 0 Å². The molecule has 96 valence electrons. The lowest BCUT2D eigenvalue weighted by atomic mass is 10.3. The molecule has 0 radical (unpaired) electrons. The van der Waals surface area contributed by atoms with Gasteiger partial charge in [0.2, 0.25) is 0 Å². The number of ether oxygens (including phenoxy) is 1. The normalized spacial score (nSPS) is 13.1. The van der Waals surface area contributed by atoms with E-state index in [1.54, 1.807) is 10.6 Å². The van der Waals surface area contributed by atoms with E-state index in [-0.39, 0.29) is 0 Å². The number of nitrogens with one attached hydrogen (secondary N) is 2. The van der Waals surface area contributed by atoms with Gasteiger partial charge < -0.3 is 25.6 Å². The molecule has 0 aromatic carbocycles. The lowest BCUT2D eigenvalue weighted by molar-refractivity contribution is -0.162. The van der Waals surface area contributed by atoms with Crippen LogP contribution in [-0.4, -0.2) is 46.4 Å². The van der Waals surface area contributed by atoms with Crippen LogP contribution in [0.4, 0.5) is 9.59 Å². The number of hydrogen-bond acceptors (Lipinski definition) is 5. The van der Waals surface area contributed by atoms with E-state index in [2.05, 4.69) is 4.74 Å². The van der Waals surface area contributed by atoms with E-state index in [0.717, 1.165) is 0 Å². The topological polar surface area (TPSA) is 142 Å². The molecule has 0 saturated heterocycles. The summed E-state index contributed by atoms with van der Waals surface area (Å²) in [5.74, 6) is -2.23. The van der Waals surface area contributed by atoms with E-state index in [0.29, 0.717) is 0 Å². The van der Waals surface area contributed by atoms with Gasteiger partial charge in [0, 0.05) is 0 Å². The zero-order valence-corrected chi connectivity index (χ0v) is 9.09. The Labute approximate surface area is 95.7 Å². The summed E-state index contributed by atoms with van der Waals surface area (Å²) in [5.41, 5.74) is 0. The summed E-state index contributed by atoms with van der Waals surface area (Å²) >= 11 is 0. The van der Waals surface area contributed by atoms with Gasteiger partial charge in [-0.3, -0.25) is 0 Å². The molecule has 2 amide bonds. The Morgan fingerprint density at radius 1 is 0.882 bits per heavy atom. The Balaban J connectivity index is 4.24. The molecule has 0 bridgehead atoms. The minimum atomic E-state index is -1.45. The number of hydrogen-bond donors (Lipinski definition) is 4. The second-order valence-corrected chi connectivity index (χ2v) is 3.08. The molecule has 0 aliphatic rings. The third kappa shape index (κ3) is 5.97. The van der Waals surface area contributed by atoms with E-state index in [1.807, 2.05) is 0 Å². The Bertz CT molecular complexity index is 309. The zero-order valence-electron chi connectivity index (χ0n) is 9.09. The molecule has 0 unspecified atom stereocenters. The van der Waals surface area contributed by atoms with Crippen molar-refractivity contribution in [3.8, 4) is 0 Å². The van der Waals surface area contributed by atoms with Crippen LogP contribution in [0.1, 0.15) is 13.8 Å². The average Bonchev–Trinajstić information content (AvgIpc) is 2.15. The first-order chi connectivity index (χ1) is 7.73. The monoisotopic (exact) mass is 248 g/mol. The second kappa shape index (κ2) is 6.30. The van der Waals surface area contributed by atoms with Crippen LogP contribution in [0, 0.1) is 0 Å². The molecule has 0 aliphatic carbocycles. The van der Waals surface area contributed by atoms with Gasteiger partial charge >= 0.3 is 24.1 Å². The van der Waals surface area contributed by atoms with Gasteiger partial charge in [0.1, 0.15) is 12.1 Å². The molecule has 0 aromatic heterocycles. The van der Waals surface area contributed by atoms with E-state index >= 15 is 0 Å². The van der Waals surface area contributed by atoms with Gasteiger partial charge in [-0.2, -0.15) is 0 Å². The smallest absolute Gasteiger partial charge is 0.405 e. The van der Waals surface area contributed by atoms with Gasteiger partial charge in [-0.05, 0) is 13.8 Å². The second-order valence-electron chi connectivity index (χ2n) is 3.08. The molecule has 17 heavy (non-hydrogen) atoms. The van der Waals surface area contributed by atoms with E-state index in [4.69, 9.17) is 10.2 Å².